The van der Waals surface area contributed by atoms with Gasteiger partial charge in [-0.05, 0) is 38.7 Å². The molecule has 3 nitrogen and oxygen atoms in total. The van der Waals surface area contributed by atoms with Crippen molar-refractivity contribution < 1.29 is 14.3 Å². The van der Waals surface area contributed by atoms with Crippen molar-refractivity contribution in [3.8, 4) is 0 Å². The average Bonchev–Trinajstić information content (AvgIpc) is 2.64. The summed E-state index contributed by atoms with van der Waals surface area (Å²) in [6, 6.07) is 0. The van der Waals surface area contributed by atoms with E-state index < -0.39 is 6.10 Å². The molecule has 0 bridgehead atoms. The van der Waals surface area contributed by atoms with E-state index in [-0.39, 0.29) is 5.97 Å². The van der Waals surface area contributed by atoms with Crippen molar-refractivity contribution in [3.05, 3.63) is 11.8 Å². The largest absolute Gasteiger partial charge is 0.487 e. The summed E-state index contributed by atoms with van der Waals surface area (Å²) in [5.41, 5.74) is 1.20. The summed E-state index contributed by atoms with van der Waals surface area (Å²) in [6.45, 7) is 8.82. The topological polar surface area (TPSA) is 35.5 Å². The molecule has 3 heteroatoms. The quantitative estimate of drug-likeness (QED) is 0.144. The Balaban J connectivity index is 3.64. The number of hydrogen-bond donors (Lipinski definition) is 0. The van der Waals surface area contributed by atoms with Gasteiger partial charge in [-0.15, -0.1) is 0 Å². The van der Waals surface area contributed by atoms with Crippen molar-refractivity contribution in [2.75, 3.05) is 6.61 Å². The molecule has 0 aliphatic rings. The van der Waals surface area contributed by atoms with Crippen LogP contribution in [0, 0.1) is 0 Å². The molecule has 0 radical (unpaired) electrons. The summed E-state index contributed by atoms with van der Waals surface area (Å²) in [5.74, 6) is -0.251. The Hall–Kier alpha value is -0.990. The van der Waals surface area contributed by atoms with Gasteiger partial charge in [0.25, 0.3) is 0 Å². The summed E-state index contributed by atoms with van der Waals surface area (Å²) >= 11 is 0. The van der Waals surface area contributed by atoms with Crippen LogP contribution in [0.15, 0.2) is 11.8 Å². The summed E-state index contributed by atoms with van der Waals surface area (Å²) in [5, 5.41) is 0. The first-order chi connectivity index (χ1) is 12.6. The lowest BCUT2D eigenvalue weighted by Gasteiger charge is -2.12. The monoisotopic (exact) mass is 368 g/mol. The number of rotatable bonds is 18. The highest BCUT2D eigenvalue weighted by Gasteiger charge is 2.14. The van der Waals surface area contributed by atoms with Gasteiger partial charge < -0.3 is 9.47 Å². The number of allylic oxidation sites excluding steroid dienone is 1. The first-order valence-corrected chi connectivity index (χ1v) is 11.1. The van der Waals surface area contributed by atoms with Crippen molar-refractivity contribution in [2.24, 2.45) is 0 Å². The third-order valence-corrected chi connectivity index (χ3v) is 4.72. The molecule has 0 saturated heterocycles. The van der Waals surface area contributed by atoms with E-state index in [1.54, 1.807) is 13.2 Å². The van der Waals surface area contributed by atoms with Crippen LogP contribution in [0.4, 0.5) is 0 Å². The third kappa shape index (κ3) is 16.5. The Labute approximate surface area is 162 Å². The molecule has 0 aliphatic carbocycles. The molecule has 154 valence electrons. The maximum absolute atomic E-state index is 11.9. The van der Waals surface area contributed by atoms with Crippen molar-refractivity contribution in [3.63, 3.8) is 0 Å². The maximum Gasteiger partial charge on any atom is 0.346 e. The highest BCUT2D eigenvalue weighted by molar-refractivity contribution is 5.74. The fourth-order valence-electron chi connectivity index (χ4n) is 2.87. The molecule has 0 aromatic rings. The van der Waals surface area contributed by atoms with E-state index in [0.717, 1.165) is 19.3 Å². The van der Waals surface area contributed by atoms with Gasteiger partial charge in [0, 0.05) is 0 Å². The van der Waals surface area contributed by atoms with Crippen molar-refractivity contribution >= 4 is 5.97 Å². The Morgan fingerprint density at radius 3 is 1.88 bits per heavy atom. The van der Waals surface area contributed by atoms with Gasteiger partial charge in [0.1, 0.15) is 0 Å². The van der Waals surface area contributed by atoms with Gasteiger partial charge >= 0.3 is 5.97 Å². The van der Waals surface area contributed by atoms with Crippen molar-refractivity contribution in [1.82, 2.24) is 0 Å². The third-order valence-electron chi connectivity index (χ3n) is 4.72. The van der Waals surface area contributed by atoms with Crippen LogP contribution in [0.25, 0.3) is 0 Å². The Morgan fingerprint density at radius 2 is 1.31 bits per heavy atom. The molecule has 0 fully saturated rings. The number of carbonyl (C=O) groups is 1. The van der Waals surface area contributed by atoms with E-state index in [1.165, 1.54) is 76.2 Å². The minimum absolute atomic E-state index is 0.251. The maximum atomic E-state index is 11.9. The van der Waals surface area contributed by atoms with Crippen LogP contribution in [0.3, 0.4) is 0 Å². The van der Waals surface area contributed by atoms with Gasteiger partial charge in [0.2, 0.25) is 0 Å². The zero-order chi connectivity index (χ0) is 19.5. The predicted molar refractivity (Wildman–Crippen MR) is 111 cm³/mol. The lowest BCUT2D eigenvalue weighted by Crippen LogP contribution is -2.22. The highest BCUT2D eigenvalue weighted by atomic mass is 16.6. The summed E-state index contributed by atoms with van der Waals surface area (Å²) in [7, 11) is 0. The SMILES string of the molecule is CCCCCCCCCC(C)=CO[C@@H](C)C(=O)OCCCCCCCC. The highest BCUT2D eigenvalue weighted by Crippen LogP contribution is 2.13. The number of carbonyl (C=O) groups excluding carboxylic acids is 1. The molecule has 1 atom stereocenters. The molecule has 0 aliphatic heterocycles. The fourth-order valence-corrected chi connectivity index (χ4v) is 2.87. The molecule has 0 aromatic heterocycles. The normalized spacial score (nSPS) is 12.8. The van der Waals surface area contributed by atoms with E-state index in [0.29, 0.717) is 6.61 Å². The van der Waals surface area contributed by atoms with E-state index in [4.69, 9.17) is 9.47 Å². The van der Waals surface area contributed by atoms with Gasteiger partial charge in [-0.1, -0.05) is 84.5 Å². The summed E-state index contributed by atoms with van der Waals surface area (Å²) < 4.78 is 10.8. The molecule has 0 heterocycles. The van der Waals surface area contributed by atoms with Crippen LogP contribution in [-0.2, 0) is 14.3 Å². The van der Waals surface area contributed by atoms with Crippen molar-refractivity contribution in [2.45, 2.75) is 124 Å². The number of ether oxygens (including phenoxy) is 2. The first kappa shape index (κ1) is 25.0. The molecule has 0 N–H and O–H groups in total. The number of unbranched alkanes of at least 4 members (excludes halogenated alkanes) is 11. The molecule has 0 rings (SSSR count). The minimum atomic E-state index is -0.515. The second kappa shape index (κ2) is 18.8. The van der Waals surface area contributed by atoms with Crippen LogP contribution in [0.1, 0.15) is 118 Å². The van der Waals surface area contributed by atoms with E-state index >= 15 is 0 Å². The second-order valence-corrected chi connectivity index (χ2v) is 7.55. The van der Waals surface area contributed by atoms with Gasteiger partial charge in [0.15, 0.2) is 6.10 Å². The minimum Gasteiger partial charge on any atom is -0.487 e. The van der Waals surface area contributed by atoms with E-state index in [1.807, 2.05) is 0 Å². The standard InChI is InChI=1S/C23H44O3/c1-5-7-9-11-13-14-16-18-21(3)20-26-22(4)23(24)25-19-17-15-12-10-8-6-2/h20,22H,5-19H2,1-4H3/t22-/m0/s1. The van der Waals surface area contributed by atoms with Gasteiger partial charge in [-0.2, -0.15) is 0 Å². The lowest BCUT2D eigenvalue weighted by molar-refractivity contribution is -0.153. The number of esters is 1. The van der Waals surface area contributed by atoms with Crippen LogP contribution in [0.2, 0.25) is 0 Å². The molecule has 0 aromatic carbocycles. The zero-order valence-corrected chi connectivity index (χ0v) is 18.0. The number of hydrogen-bond acceptors (Lipinski definition) is 3. The first-order valence-electron chi connectivity index (χ1n) is 11.1. The fraction of sp³-hybridized carbons (Fsp3) is 0.870. The van der Waals surface area contributed by atoms with Crippen LogP contribution >= 0.6 is 0 Å². The smallest absolute Gasteiger partial charge is 0.346 e. The molecular formula is C23H44O3. The second-order valence-electron chi connectivity index (χ2n) is 7.55. The molecule has 0 amide bonds. The Bertz CT molecular complexity index is 349. The molecule has 0 saturated carbocycles. The van der Waals surface area contributed by atoms with Gasteiger partial charge in [-0.3, -0.25) is 0 Å². The molecular weight excluding hydrogens is 324 g/mol. The molecule has 0 unspecified atom stereocenters. The van der Waals surface area contributed by atoms with Crippen LogP contribution in [0.5, 0.6) is 0 Å². The zero-order valence-electron chi connectivity index (χ0n) is 18.0. The molecule has 26 heavy (non-hydrogen) atoms. The van der Waals surface area contributed by atoms with Crippen molar-refractivity contribution in [1.29, 1.82) is 0 Å². The Morgan fingerprint density at radius 1 is 0.808 bits per heavy atom. The predicted octanol–water partition coefficient (Wildman–Crippen LogP) is 7.34. The van der Waals surface area contributed by atoms with Crippen LogP contribution < -0.4 is 0 Å². The average molecular weight is 369 g/mol. The Kier molecular flexibility index (Phi) is 18.1. The lowest BCUT2D eigenvalue weighted by atomic mass is 10.1. The van der Waals surface area contributed by atoms with Crippen LogP contribution in [-0.4, -0.2) is 18.7 Å². The molecule has 0 spiro atoms. The van der Waals surface area contributed by atoms with Gasteiger partial charge in [-0.25, -0.2) is 4.79 Å². The van der Waals surface area contributed by atoms with Gasteiger partial charge in [0.05, 0.1) is 12.9 Å². The van der Waals surface area contributed by atoms with E-state index in [2.05, 4.69) is 20.8 Å². The van der Waals surface area contributed by atoms with E-state index in [9.17, 15) is 4.79 Å². The summed E-state index contributed by atoms with van der Waals surface area (Å²) in [6.07, 6.45) is 18.7. The summed E-state index contributed by atoms with van der Waals surface area (Å²) in [4.78, 5) is 11.9.